The lowest BCUT2D eigenvalue weighted by atomic mass is 10.0. The lowest BCUT2D eigenvalue weighted by Gasteiger charge is -2.17. The maximum absolute atomic E-state index is 12.1. The van der Waals surface area contributed by atoms with Crippen molar-refractivity contribution in [3.8, 4) is 0 Å². The summed E-state index contributed by atoms with van der Waals surface area (Å²) in [7, 11) is 0. The summed E-state index contributed by atoms with van der Waals surface area (Å²) < 4.78 is 0. The average Bonchev–Trinajstić information content (AvgIpc) is 2.45. The minimum atomic E-state index is -0.241. The zero-order valence-corrected chi connectivity index (χ0v) is 12.4. The van der Waals surface area contributed by atoms with Gasteiger partial charge in [0.15, 0.2) is 0 Å². The topological polar surface area (TPSA) is 42.0 Å². The monoisotopic (exact) mass is 308 g/mol. The van der Waals surface area contributed by atoms with Crippen LogP contribution in [-0.2, 0) is 0 Å². The first kappa shape index (κ1) is 14.8. The highest BCUT2D eigenvalue weighted by atomic mass is 35.5. The molecule has 0 saturated heterocycles. The van der Waals surface area contributed by atoms with E-state index in [0.717, 1.165) is 12.0 Å². The molecule has 1 aromatic heterocycles. The largest absolute Gasteiger partial charge is 0.344 e. The van der Waals surface area contributed by atoms with Crippen LogP contribution in [0.1, 0.15) is 35.4 Å². The Labute approximate surface area is 127 Å². The molecule has 1 N–H and O–H groups in total. The van der Waals surface area contributed by atoms with Crippen molar-refractivity contribution in [3.63, 3.8) is 0 Å². The molecular formula is C15H14Cl2N2O. The van der Waals surface area contributed by atoms with Gasteiger partial charge in [0.05, 0.1) is 6.04 Å². The van der Waals surface area contributed by atoms with Gasteiger partial charge in [0.1, 0.15) is 10.8 Å². The van der Waals surface area contributed by atoms with Crippen molar-refractivity contribution in [1.29, 1.82) is 0 Å². The number of amides is 1. The number of carbonyl (C=O) groups excluding carboxylic acids is 1. The number of rotatable bonds is 4. The Morgan fingerprint density at radius 3 is 2.50 bits per heavy atom. The number of aromatic nitrogens is 1. The Morgan fingerprint density at radius 2 is 1.90 bits per heavy atom. The van der Waals surface area contributed by atoms with E-state index in [9.17, 15) is 4.79 Å². The van der Waals surface area contributed by atoms with E-state index in [1.807, 2.05) is 31.2 Å². The Bertz CT molecular complexity index is 599. The molecule has 1 amide bonds. The van der Waals surface area contributed by atoms with E-state index in [4.69, 9.17) is 23.2 Å². The van der Waals surface area contributed by atoms with Crippen molar-refractivity contribution in [2.24, 2.45) is 0 Å². The van der Waals surface area contributed by atoms with Crippen molar-refractivity contribution in [1.82, 2.24) is 10.3 Å². The van der Waals surface area contributed by atoms with Crippen LogP contribution in [0.2, 0.25) is 10.2 Å². The van der Waals surface area contributed by atoms with Crippen LogP contribution in [0.15, 0.2) is 42.5 Å². The third-order valence-corrected chi connectivity index (χ3v) is 3.40. The summed E-state index contributed by atoms with van der Waals surface area (Å²) >= 11 is 11.7. The standard InChI is InChI=1S/C15H14Cl2N2O/c1-2-12(10-6-8-11(16)9-7-10)19-15(20)13-4-3-5-14(17)18-13/h3-9,12H,2H2,1H3,(H,19,20). The van der Waals surface area contributed by atoms with Crippen molar-refractivity contribution in [2.45, 2.75) is 19.4 Å². The number of hydrogen-bond donors (Lipinski definition) is 1. The van der Waals surface area contributed by atoms with Crippen LogP contribution in [0.25, 0.3) is 0 Å². The van der Waals surface area contributed by atoms with E-state index < -0.39 is 0 Å². The van der Waals surface area contributed by atoms with Gasteiger partial charge in [0.2, 0.25) is 0 Å². The van der Waals surface area contributed by atoms with Crippen LogP contribution < -0.4 is 5.32 Å². The van der Waals surface area contributed by atoms with Gasteiger partial charge in [0, 0.05) is 5.02 Å². The second-order valence-corrected chi connectivity index (χ2v) is 5.16. The van der Waals surface area contributed by atoms with Crippen LogP contribution in [-0.4, -0.2) is 10.9 Å². The molecule has 1 heterocycles. The predicted molar refractivity (Wildman–Crippen MR) is 81.2 cm³/mol. The lowest BCUT2D eigenvalue weighted by molar-refractivity contribution is 0.0930. The number of halogens is 2. The van der Waals surface area contributed by atoms with E-state index >= 15 is 0 Å². The molecule has 0 saturated carbocycles. The number of nitrogens with one attached hydrogen (secondary N) is 1. The molecule has 1 aromatic carbocycles. The molecule has 2 aromatic rings. The highest BCUT2D eigenvalue weighted by Crippen LogP contribution is 2.19. The van der Waals surface area contributed by atoms with Crippen LogP contribution in [0.4, 0.5) is 0 Å². The van der Waals surface area contributed by atoms with Gasteiger partial charge in [-0.2, -0.15) is 0 Å². The van der Waals surface area contributed by atoms with Gasteiger partial charge in [-0.3, -0.25) is 4.79 Å². The smallest absolute Gasteiger partial charge is 0.270 e. The summed E-state index contributed by atoms with van der Waals surface area (Å²) in [6, 6.07) is 12.3. The molecular weight excluding hydrogens is 295 g/mol. The summed E-state index contributed by atoms with van der Waals surface area (Å²) in [5.41, 5.74) is 1.32. The van der Waals surface area contributed by atoms with Crippen LogP contribution in [0.3, 0.4) is 0 Å². The maximum Gasteiger partial charge on any atom is 0.270 e. The Balaban J connectivity index is 2.14. The lowest BCUT2D eigenvalue weighted by Crippen LogP contribution is -2.28. The number of hydrogen-bond acceptors (Lipinski definition) is 2. The highest BCUT2D eigenvalue weighted by Gasteiger charge is 2.15. The van der Waals surface area contributed by atoms with E-state index in [1.54, 1.807) is 18.2 Å². The van der Waals surface area contributed by atoms with E-state index in [-0.39, 0.29) is 11.9 Å². The van der Waals surface area contributed by atoms with Crippen molar-refractivity contribution < 1.29 is 4.79 Å². The van der Waals surface area contributed by atoms with Crippen molar-refractivity contribution in [3.05, 3.63) is 63.9 Å². The van der Waals surface area contributed by atoms with Crippen LogP contribution in [0, 0.1) is 0 Å². The SMILES string of the molecule is CCC(NC(=O)c1cccc(Cl)n1)c1ccc(Cl)cc1. The molecule has 2 rings (SSSR count). The first-order valence-electron chi connectivity index (χ1n) is 6.29. The van der Waals surface area contributed by atoms with Crippen molar-refractivity contribution >= 4 is 29.1 Å². The number of nitrogens with zero attached hydrogens (tertiary/aromatic N) is 1. The quantitative estimate of drug-likeness (QED) is 0.857. The normalized spacial score (nSPS) is 11.9. The molecule has 0 radical (unpaired) electrons. The first-order chi connectivity index (χ1) is 9.60. The Morgan fingerprint density at radius 1 is 1.20 bits per heavy atom. The molecule has 0 bridgehead atoms. The molecule has 104 valence electrons. The molecule has 3 nitrogen and oxygen atoms in total. The van der Waals surface area contributed by atoms with Crippen LogP contribution >= 0.6 is 23.2 Å². The highest BCUT2D eigenvalue weighted by molar-refractivity contribution is 6.30. The molecule has 1 atom stereocenters. The summed E-state index contributed by atoms with van der Waals surface area (Å²) in [6.07, 6.45) is 0.772. The Kier molecular flexibility index (Phi) is 4.99. The van der Waals surface area contributed by atoms with Crippen molar-refractivity contribution in [2.75, 3.05) is 0 Å². The van der Waals surface area contributed by atoms with Gasteiger partial charge in [-0.15, -0.1) is 0 Å². The molecule has 5 heteroatoms. The van der Waals surface area contributed by atoms with Crippen LogP contribution in [0.5, 0.6) is 0 Å². The molecule has 0 aliphatic rings. The Hall–Kier alpha value is -1.58. The minimum Gasteiger partial charge on any atom is -0.344 e. The summed E-state index contributed by atoms with van der Waals surface area (Å²) in [5.74, 6) is -0.241. The summed E-state index contributed by atoms with van der Waals surface area (Å²) in [6.45, 7) is 2.00. The predicted octanol–water partition coefficient (Wildman–Crippen LogP) is 4.27. The first-order valence-corrected chi connectivity index (χ1v) is 7.04. The van der Waals surface area contributed by atoms with Gasteiger partial charge in [-0.25, -0.2) is 4.98 Å². The van der Waals surface area contributed by atoms with Gasteiger partial charge < -0.3 is 5.32 Å². The second-order valence-electron chi connectivity index (χ2n) is 4.33. The summed E-state index contributed by atoms with van der Waals surface area (Å²) in [4.78, 5) is 16.1. The van der Waals surface area contributed by atoms with E-state index in [1.165, 1.54) is 0 Å². The second kappa shape index (κ2) is 6.73. The molecule has 0 aliphatic carbocycles. The number of pyridine rings is 1. The summed E-state index contributed by atoms with van der Waals surface area (Å²) in [5, 5.41) is 3.92. The number of carbonyl (C=O) groups is 1. The van der Waals surface area contributed by atoms with E-state index in [0.29, 0.717) is 15.9 Å². The van der Waals surface area contributed by atoms with E-state index in [2.05, 4.69) is 10.3 Å². The fourth-order valence-corrected chi connectivity index (χ4v) is 2.17. The zero-order valence-electron chi connectivity index (χ0n) is 10.9. The molecule has 0 fully saturated rings. The van der Waals surface area contributed by atoms with Gasteiger partial charge in [-0.1, -0.05) is 48.3 Å². The van der Waals surface area contributed by atoms with Gasteiger partial charge >= 0.3 is 0 Å². The third kappa shape index (κ3) is 3.71. The van der Waals surface area contributed by atoms with Gasteiger partial charge in [0.25, 0.3) is 5.91 Å². The average molecular weight is 309 g/mol. The molecule has 20 heavy (non-hydrogen) atoms. The maximum atomic E-state index is 12.1. The molecule has 0 spiro atoms. The number of benzene rings is 1. The van der Waals surface area contributed by atoms with Gasteiger partial charge in [-0.05, 0) is 36.2 Å². The fourth-order valence-electron chi connectivity index (χ4n) is 1.88. The molecule has 1 unspecified atom stereocenters. The molecule has 0 aliphatic heterocycles. The third-order valence-electron chi connectivity index (χ3n) is 2.93. The minimum absolute atomic E-state index is 0.0828. The zero-order chi connectivity index (χ0) is 14.5. The fraction of sp³-hybridized carbons (Fsp3) is 0.200.